The predicted octanol–water partition coefficient (Wildman–Crippen LogP) is 2.29. The van der Waals surface area contributed by atoms with Crippen LogP contribution in [0.5, 0.6) is 0 Å². The number of sulfonamides is 1. The molecule has 3 aromatic rings. The summed E-state index contributed by atoms with van der Waals surface area (Å²) in [4.78, 5) is 14.9. The van der Waals surface area contributed by atoms with Crippen molar-refractivity contribution < 1.29 is 12.8 Å². The molecular formula is C18H21N5O3S. The normalized spacial score (nSPS) is 11.6. The second-order valence-corrected chi connectivity index (χ2v) is 8.05. The molecule has 27 heavy (non-hydrogen) atoms. The number of oxazole rings is 1. The largest absolute Gasteiger partial charge is 0.449 e. The smallest absolute Gasteiger partial charge is 0.240 e. The summed E-state index contributed by atoms with van der Waals surface area (Å²) in [6, 6.07) is 8.29. The number of anilines is 1. The fourth-order valence-corrected chi connectivity index (χ4v) is 3.44. The van der Waals surface area contributed by atoms with E-state index in [0.717, 1.165) is 17.1 Å². The molecule has 1 aromatic carbocycles. The lowest BCUT2D eigenvalue weighted by Crippen LogP contribution is -2.25. The summed E-state index contributed by atoms with van der Waals surface area (Å²) in [5.41, 5.74) is 2.22. The van der Waals surface area contributed by atoms with Gasteiger partial charge in [-0.3, -0.25) is 0 Å². The van der Waals surface area contributed by atoms with Gasteiger partial charge in [-0.15, -0.1) is 0 Å². The molecule has 1 N–H and O–H groups in total. The van der Waals surface area contributed by atoms with E-state index in [1.54, 1.807) is 19.1 Å². The number of aromatic nitrogens is 3. The fourth-order valence-electron chi connectivity index (χ4n) is 2.46. The zero-order chi connectivity index (χ0) is 19.6. The molecule has 3 rings (SSSR count). The first-order chi connectivity index (χ1) is 12.7. The van der Waals surface area contributed by atoms with Crippen molar-refractivity contribution in [2.45, 2.75) is 25.3 Å². The molecule has 0 aliphatic heterocycles. The molecule has 0 atom stereocenters. The second kappa shape index (κ2) is 7.45. The Kier molecular flexibility index (Phi) is 5.24. The number of aryl methyl sites for hydroxylation is 2. The zero-order valence-electron chi connectivity index (χ0n) is 15.6. The summed E-state index contributed by atoms with van der Waals surface area (Å²) < 4.78 is 32.8. The molecule has 0 fully saturated rings. The van der Waals surface area contributed by atoms with E-state index in [0.29, 0.717) is 17.4 Å². The topological polar surface area (TPSA) is 101 Å². The maximum absolute atomic E-state index is 12.5. The average molecular weight is 387 g/mol. The molecule has 0 unspecified atom stereocenters. The first-order valence-corrected chi connectivity index (χ1v) is 9.77. The molecule has 2 aromatic heterocycles. The van der Waals surface area contributed by atoms with Gasteiger partial charge in [-0.1, -0.05) is 12.1 Å². The van der Waals surface area contributed by atoms with Crippen LogP contribution in [0.3, 0.4) is 0 Å². The highest BCUT2D eigenvalue weighted by Gasteiger charge is 2.16. The predicted molar refractivity (Wildman–Crippen MR) is 102 cm³/mol. The highest BCUT2D eigenvalue weighted by Crippen LogP contribution is 2.20. The van der Waals surface area contributed by atoms with Crippen LogP contribution in [-0.2, 0) is 16.6 Å². The minimum absolute atomic E-state index is 0.00901. The summed E-state index contributed by atoms with van der Waals surface area (Å²) >= 11 is 0. The average Bonchev–Trinajstić information content (AvgIpc) is 3.06. The van der Waals surface area contributed by atoms with Gasteiger partial charge in [0.15, 0.2) is 5.89 Å². The number of nitrogens with zero attached hydrogens (tertiary/aromatic N) is 4. The van der Waals surface area contributed by atoms with E-state index in [-0.39, 0.29) is 11.4 Å². The molecule has 0 amide bonds. The molecule has 2 heterocycles. The lowest BCUT2D eigenvalue weighted by Gasteiger charge is -2.13. The SMILES string of the molecule is Cc1cc(N(C)C)nc(CNS(=O)(=O)c2ccc(-c3coc(C)n3)cc2)n1. The standard InChI is InChI=1S/C18H21N5O3S/c1-12-9-18(23(3)4)22-17(20-12)10-19-27(24,25)15-7-5-14(6-8-15)16-11-26-13(2)21-16/h5-9,11,19H,10H2,1-4H3. The molecule has 0 saturated heterocycles. The van der Waals surface area contributed by atoms with Gasteiger partial charge < -0.3 is 9.32 Å². The van der Waals surface area contributed by atoms with E-state index >= 15 is 0 Å². The van der Waals surface area contributed by atoms with E-state index in [9.17, 15) is 8.42 Å². The van der Waals surface area contributed by atoms with Gasteiger partial charge in [-0.2, -0.15) is 0 Å². The lowest BCUT2D eigenvalue weighted by molar-refractivity contribution is 0.521. The molecule has 0 aliphatic rings. The molecule has 8 nitrogen and oxygen atoms in total. The second-order valence-electron chi connectivity index (χ2n) is 6.28. The van der Waals surface area contributed by atoms with Gasteiger partial charge in [0.2, 0.25) is 10.0 Å². The van der Waals surface area contributed by atoms with E-state index in [2.05, 4.69) is 19.7 Å². The maximum atomic E-state index is 12.5. The van der Waals surface area contributed by atoms with Gasteiger partial charge >= 0.3 is 0 Å². The molecule has 142 valence electrons. The van der Waals surface area contributed by atoms with E-state index in [1.807, 2.05) is 32.0 Å². The van der Waals surface area contributed by atoms with Crippen molar-refractivity contribution in [3.63, 3.8) is 0 Å². The molecule has 0 aliphatic carbocycles. The number of benzene rings is 1. The summed E-state index contributed by atoms with van der Waals surface area (Å²) in [6.07, 6.45) is 1.54. The van der Waals surface area contributed by atoms with Crippen LogP contribution in [-0.4, -0.2) is 37.5 Å². The molecule has 0 bridgehead atoms. The highest BCUT2D eigenvalue weighted by molar-refractivity contribution is 7.89. The van der Waals surface area contributed by atoms with Gasteiger partial charge in [0.1, 0.15) is 23.6 Å². The Hall–Kier alpha value is -2.78. The van der Waals surface area contributed by atoms with Gasteiger partial charge in [0.25, 0.3) is 0 Å². The lowest BCUT2D eigenvalue weighted by atomic mass is 10.2. The minimum Gasteiger partial charge on any atom is -0.449 e. The summed E-state index contributed by atoms with van der Waals surface area (Å²) in [7, 11) is 0.0518. The van der Waals surface area contributed by atoms with Crippen molar-refractivity contribution >= 4 is 15.8 Å². The fraction of sp³-hybridized carbons (Fsp3) is 0.278. The maximum Gasteiger partial charge on any atom is 0.240 e. The number of rotatable bonds is 6. The van der Waals surface area contributed by atoms with Crippen LogP contribution in [0, 0.1) is 13.8 Å². The molecular weight excluding hydrogens is 366 g/mol. The van der Waals surface area contributed by atoms with Crippen LogP contribution < -0.4 is 9.62 Å². The van der Waals surface area contributed by atoms with Crippen molar-refractivity contribution in [3.05, 3.63) is 54.0 Å². The van der Waals surface area contributed by atoms with Crippen LogP contribution >= 0.6 is 0 Å². The molecule has 0 spiro atoms. The van der Waals surface area contributed by atoms with Gasteiger partial charge in [0.05, 0.1) is 11.4 Å². The number of hydrogen-bond donors (Lipinski definition) is 1. The zero-order valence-corrected chi connectivity index (χ0v) is 16.4. The Bertz CT molecular complexity index is 1040. The highest BCUT2D eigenvalue weighted by atomic mass is 32.2. The monoisotopic (exact) mass is 387 g/mol. The van der Waals surface area contributed by atoms with Gasteiger partial charge in [0, 0.05) is 38.3 Å². The van der Waals surface area contributed by atoms with Crippen LogP contribution in [0.4, 0.5) is 5.82 Å². The van der Waals surface area contributed by atoms with Gasteiger partial charge in [-0.05, 0) is 19.1 Å². The van der Waals surface area contributed by atoms with Crippen molar-refractivity contribution in [1.82, 2.24) is 19.7 Å². The van der Waals surface area contributed by atoms with Crippen LogP contribution in [0.25, 0.3) is 11.3 Å². The van der Waals surface area contributed by atoms with E-state index in [4.69, 9.17) is 4.42 Å². The Morgan fingerprint density at radius 1 is 1.07 bits per heavy atom. The van der Waals surface area contributed by atoms with Crippen molar-refractivity contribution in [3.8, 4) is 11.3 Å². The summed E-state index contributed by atoms with van der Waals surface area (Å²) in [5.74, 6) is 1.69. The van der Waals surface area contributed by atoms with Crippen LogP contribution in [0.1, 0.15) is 17.4 Å². The Morgan fingerprint density at radius 3 is 2.37 bits per heavy atom. The first kappa shape index (κ1) is 19.0. The van der Waals surface area contributed by atoms with Gasteiger partial charge in [-0.25, -0.2) is 28.1 Å². The Balaban J connectivity index is 1.75. The quantitative estimate of drug-likeness (QED) is 0.692. The van der Waals surface area contributed by atoms with Crippen LogP contribution in [0.15, 0.2) is 45.9 Å². The third kappa shape index (κ3) is 4.50. The van der Waals surface area contributed by atoms with Crippen molar-refractivity contribution in [2.24, 2.45) is 0 Å². The molecule has 0 saturated carbocycles. The Labute approximate surface area is 158 Å². The van der Waals surface area contributed by atoms with E-state index in [1.165, 1.54) is 18.4 Å². The molecule has 0 radical (unpaired) electrons. The summed E-state index contributed by atoms with van der Waals surface area (Å²) in [5, 5.41) is 0. The van der Waals surface area contributed by atoms with Crippen molar-refractivity contribution in [1.29, 1.82) is 0 Å². The minimum atomic E-state index is -3.69. The number of nitrogens with one attached hydrogen (secondary N) is 1. The third-order valence-electron chi connectivity index (χ3n) is 3.84. The Morgan fingerprint density at radius 2 is 1.78 bits per heavy atom. The first-order valence-electron chi connectivity index (χ1n) is 8.29. The number of hydrogen-bond acceptors (Lipinski definition) is 7. The van der Waals surface area contributed by atoms with E-state index < -0.39 is 10.0 Å². The molecule has 9 heteroatoms. The summed E-state index contributed by atoms with van der Waals surface area (Å²) in [6.45, 7) is 3.60. The third-order valence-corrected chi connectivity index (χ3v) is 5.26. The van der Waals surface area contributed by atoms with Crippen molar-refractivity contribution in [2.75, 3.05) is 19.0 Å². The van der Waals surface area contributed by atoms with Crippen LogP contribution in [0.2, 0.25) is 0 Å².